The highest BCUT2D eigenvalue weighted by Gasteiger charge is 2.87. The molecule has 1 N–H and O–H groups in total. The van der Waals surface area contributed by atoms with E-state index in [-0.39, 0.29) is 17.8 Å². The average molecular weight is 432 g/mol. The predicted molar refractivity (Wildman–Crippen MR) is 113 cm³/mol. The topological polar surface area (TPSA) is 99.9 Å². The van der Waals surface area contributed by atoms with Crippen LogP contribution in [-0.2, 0) is 18.8 Å². The second kappa shape index (κ2) is 6.51. The molecule has 1 aliphatic heterocycles. The number of ether oxygens (including phenoxy) is 1. The van der Waals surface area contributed by atoms with Gasteiger partial charge in [-0.15, -0.1) is 6.58 Å². The van der Waals surface area contributed by atoms with Gasteiger partial charge in [0.15, 0.2) is 8.32 Å². The minimum Gasteiger partial charge on any atom is -0.481 e. The Kier molecular flexibility index (Phi) is 4.71. The fourth-order valence-corrected chi connectivity index (χ4v) is 8.93. The van der Waals surface area contributed by atoms with Crippen LogP contribution in [0, 0.1) is 34.0 Å². The zero-order chi connectivity index (χ0) is 22.2. The summed E-state index contributed by atoms with van der Waals surface area (Å²) in [6.07, 6.45) is 6.36. The molecule has 6 nitrogen and oxygen atoms in total. The lowest BCUT2D eigenvalue weighted by Crippen LogP contribution is -2.76. The van der Waals surface area contributed by atoms with Crippen molar-refractivity contribution in [1.82, 2.24) is 0 Å². The second-order valence-electron chi connectivity index (χ2n) is 10.7. The van der Waals surface area contributed by atoms with Crippen molar-refractivity contribution in [2.45, 2.75) is 88.8 Å². The van der Waals surface area contributed by atoms with Crippen LogP contribution in [0.2, 0.25) is 19.6 Å². The lowest BCUT2D eigenvalue weighted by molar-refractivity contribution is -0.236. The summed E-state index contributed by atoms with van der Waals surface area (Å²) in [5.74, 6) is -2.26. The molecular formula is C23H33NO5Si. The third kappa shape index (κ3) is 2.36. The minimum atomic E-state index is -2.11. The quantitative estimate of drug-likeness (QED) is 0.370. The Morgan fingerprint density at radius 2 is 2.13 bits per heavy atom. The van der Waals surface area contributed by atoms with Crippen LogP contribution >= 0.6 is 0 Å². The number of epoxide rings is 1. The van der Waals surface area contributed by atoms with E-state index in [9.17, 15) is 20.0 Å². The van der Waals surface area contributed by atoms with Crippen molar-refractivity contribution in [2.75, 3.05) is 0 Å². The number of carbonyl (C=O) groups excluding carboxylic acids is 1. The molecule has 3 aliphatic carbocycles. The molecule has 0 aromatic carbocycles. The van der Waals surface area contributed by atoms with Crippen LogP contribution in [0.4, 0.5) is 0 Å². The van der Waals surface area contributed by atoms with Crippen molar-refractivity contribution in [3.63, 3.8) is 0 Å². The molecule has 7 heteroatoms. The van der Waals surface area contributed by atoms with E-state index in [1.54, 1.807) is 13.0 Å². The number of rotatable bonds is 7. The molecule has 30 heavy (non-hydrogen) atoms. The van der Waals surface area contributed by atoms with Gasteiger partial charge in [-0.2, -0.15) is 5.26 Å². The number of carboxylic acid groups (broad SMARTS) is 1. The van der Waals surface area contributed by atoms with Gasteiger partial charge >= 0.3 is 5.97 Å². The largest absolute Gasteiger partial charge is 0.481 e. The van der Waals surface area contributed by atoms with Gasteiger partial charge in [0, 0.05) is 17.8 Å². The molecule has 0 spiro atoms. The lowest BCUT2D eigenvalue weighted by atomic mass is 9.35. The highest BCUT2D eigenvalue weighted by atomic mass is 28.4. The SMILES string of the molecule is C=CC1(O[Si](C)(C)C)CC2C(=O)CCC21C(C#N)(C(C)C(=O)O)C12CCCCC1O2. The Morgan fingerprint density at radius 1 is 1.43 bits per heavy atom. The van der Waals surface area contributed by atoms with Gasteiger partial charge in [0.1, 0.15) is 16.8 Å². The standard InChI is InChI=1S/C23H33NO5Si/c1-6-20(29-30(3,4)5)13-16-17(25)10-12-21(16,20)22(14-24,15(2)19(26)27)23-11-8-7-9-18(23)28-23/h6,15-16,18H,1,7-13H2,2-5H3,(H,26,27). The summed E-state index contributed by atoms with van der Waals surface area (Å²) in [6.45, 7) is 12.0. The average Bonchev–Trinajstić information content (AvgIpc) is 3.36. The molecule has 0 radical (unpaired) electrons. The lowest BCUT2D eigenvalue weighted by Gasteiger charge is -2.68. The van der Waals surface area contributed by atoms with Crippen LogP contribution in [0.15, 0.2) is 12.7 Å². The van der Waals surface area contributed by atoms with E-state index < -0.39 is 42.2 Å². The van der Waals surface area contributed by atoms with Crippen LogP contribution in [0.3, 0.4) is 0 Å². The molecule has 164 valence electrons. The number of ketones is 1. The summed E-state index contributed by atoms with van der Waals surface area (Å²) in [5, 5.41) is 21.0. The van der Waals surface area contributed by atoms with Crippen molar-refractivity contribution >= 4 is 20.1 Å². The summed E-state index contributed by atoms with van der Waals surface area (Å²) in [7, 11) is -2.11. The second-order valence-corrected chi connectivity index (χ2v) is 15.2. The molecule has 1 saturated heterocycles. The zero-order valence-corrected chi connectivity index (χ0v) is 19.5. The highest BCUT2D eigenvalue weighted by Crippen LogP contribution is 2.79. The first-order valence-corrected chi connectivity index (χ1v) is 14.6. The number of aliphatic carboxylic acids is 1. The molecule has 1 heterocycles. The van der Waals surface area contributed by atoms with Crippen molar-refractivity contribution in [3.8, 4) is 6.07 Å². The van der Waals surface area contributed by atoms with Crippen LogP contribution in [0.25, 0.3) is 0 Å². The van der Waals surface area contributed by atoms with Crippen molar-refractivity contribution in [3.05, 3.63) is 12.7 Å². The maximum atomic E-state index is 13.0. The Bertz CT molecular complexity index is 846. The van der Waals surface area contributed by atoms with Crippen molar-refractivity contribution in [1.29, 1.82) is 5.26 Å². The van der Waals surface area contributed by atoms with Gasteiger partial charge in [0.25, 0.3) is 0 Å². The van der Waals surface area contributed by atoms with E-state index in [1.807, 2.05) is 0 Å². The summed E-state index contributed by atoms with van der Waals surface area (Å²) in [6, 6.07) is 2.54. The molecule has 7 unspecified atom stereocenters. The number of carbonyl (C=O) groups is 2. The third-order valence-electron chi connectivity index (χ3n) is 8.48. The number of carboxylic acids is 1. The minimum absolute atomic E-state index is 0.117. The molecule has 3 saturated carbocycles. The van der Waals surface area contributed by atoms with Crippen molar-refractivity contribution in [2.24, 2.45) is 22.7 Å². The van der Waals surface area contributed by atoms with Crippen LogP contribution in [0.5, 0.6) is 0 Å². The Morgan fingerprint density at radius 3 is 2.63 bits per heavy atom. The first kappa shape index (κ1) is 21.7. The molecule has 7 atom stereocenters. The van der Waals surface area contributed by atoms with E-state index in [2.05, 4.69) is 32.3 Å². The Balaban J connectivity index is 1.98. The summed E-state index contributed by atoms with van der Waals surface area (Å²) in [4.78, 5) is 25.4. The molecule has 4 aliphatic rings. The van der Waals surface area contributed by atoms with E-state index in [1.165, 1.54) is 0 Å². The van der Waals surface area contributed by atoms with E-state index in [0.29, 0.717) is 25.7 Å². The van der Waals surface area contributed by atoms with E-state index in [4.69, 9.17) is 9.16 Å². The number of nitrogens with zero attached hydrogens (tertiary/aromatic N) is 1. The molecule has 0 bridgehead atoms. The van der Waals surface area contributed by atoms with Gasteiger partial charge in [-0.3, -0.25) is 9.59 Å². The molecule has 4 fully saturated rings. The molecule has 0 aromatic rings. The van der Waals surface area contributed by atoms with E-state index in [0.717, 1.165) is 19.3 Å². The smallest absolute Gasteiger partial charge is 0.307 e. The summed E-state index contributed by atoms with van der Waals surface area (Å²) < 4.78 is 13.0. The molecular weight excluding hydrogens is 398 g/mol. The first-order chi connectivity index (χ1) is 14.0. The van der Waals surface area contributed by atoms with Crippen LogP contribution in [-0.4, -0.2) is 42.5 Å². The highest BCUT2D eigenvalue weighted by molar-refractivity contribution is 6.69. The number of fused-ring (bicyclic) bond motifs is 2. The van der Waals surface area contributed by atoms with Crippen LogP contribution in [0.1, 0.15) is 51.9 Å². The van der Waals surface area contributed by atoms with E-state index >= 15 is 0 Å². The van der Waals surface area contributed by atoms with Gasteiger partial charge in [-0.1, -0.05) is 25.8 Å². The third-order valence-corrected chi connectivity index (χ3v) is 9.45. The maximum Gasteiger partial charge on any atom is 0.307 e. The van der Waals surface area contributed by atoms with Crippen LogP contribution < -0.4 is 0 Å². The fourth-order valence-electron chi connectivity index (χ4n) is 7.48. The summed E-state index contributed by atoms with van der Waals surface area (Å²) in [5.41, 5.74) is -3.97. The normalized spacial score (nSPS) is 42.7. The monoisotopic (exact) mass is 431 g/mol. The van der Waals surface area contributed by atoms with Gasteiger partial charge in [-0.05, 0) is 45.3 Å². The van der Waals surface area contributed by atoms with Gasteiger partial charge in [0.05, 0.1) is 23.7 Å². The molecule has 4 rings (SSSR count). The number of nitriles is 1. The number of Topliss-reactive ketones (excluding diaryl/α,β-unsaturated/α-hetero) is 1. The Labute approximate surface area is 179 Å². The predicted octanol–water partition coefficient (Wildman–Crippen LogP) is 4.07. The summed E-state index contributed by atoms with van der Waals surface area (Å²) >= 11 is 0. The first-order valence-electron chi connectivity index (χ1n) is 11.2. The zero-order valence-electron chi connectivity index (χ0n) is 18.5. The Hall–Kier alpha value is -1.49. The number of hydrogen-bond acceptors (Lipinski definition) is 5. The van der Waals surface area contributed by atoms with Gasteiger partial charge < -0.3 is 14.3 Å². The molecule has 0 amide bonds. The van der Waals surface area contributed by atoms with Crippen molar-refractivity contribution < 1.29 is 23.9 Å². The molecule has 0 aromatic heterocycles. The maximum absolute atomic E-state index is 13.0. The van der Waals surface area contributed by atoms with Gasteiger partial charge in [-0.25, -0.2) is 0 Å². The number of hydrogen-bond donors (Lipinski definition) is 1. The fraction of sp³-hybridized carbons (Fsp3) is 0.783. The van der Waals surface area contributed by atoms with Gasteiger partial charge in [0.2, 0.25) is 0 Å².